The van der Waals surface area contributed by atoms with Crippen LogP contribution in [0.1, 0.15) is 70.0 Å². The Bertz CT molecular complexity index is 836. The third-order valence-electron chi connectivity index (χ3n) is 4.78. The van der Waals surface area contributed by atoms with Crippen LogP contribution in [0.15, 0.2) is 18.2 Å². The number of ketones is 2. The summed E-state index contributed by atoms with van der Waals surface area (Å²) in [6.45, 7) is 11.0. The number of hydrogen-bond acceptors (Lipinski definition) is 4. The van der Waals surface area contributed by atoms with Gasteiger partial charge in [-0.25, -0.2) is 0 Å². The molecule has 0 unspecified atom stereocenters. The first kappa shape index (κ1) is 19.9. The molecular formula is C21H28N2O3. The molecule has 0 saturated carbocycles. The van der Waals surface area contributed by atoms with Gasteiger partial charge >= 0.3 is 0 Å². The van der Waals surface area contributed by atoms with Gasteiger partial charge in [0.1, 0.15) is 5.75 Å². The predicted molar refractivity (Wildman–Crippen MR) is 103 cm³/mol. The van der Waals surface area contributed by atoms with E-state index in [1.54, 1.807) is 7.11 Å². The lowest BCUT2D eigenvalue weighted by Gasteiger charge is -2.21. The molecule has 0 amide bonds. The van der Waals surface area contributed by atoms with E-state index in [1.807, 2.05) is 46.8 Å². The Morgan fingerprint density at radius 1 is 1.15 bits per heavy atom. The normalized spacial score (nSPS) is 13.3. The highest BCUT2D eigenvalue weighted by Gasteiger charge is 2.25. The number of benzene rings is 1. The number of hydrogen-bond donors (Lipinski definition) is 2. The van der Waals surface area contributed by atoms with E-state index < -0.39 is 6.04 Å². The van der Waals surface area contributed by atoms with E-state index in [0.29, 0.717) is 11.3 Å². The van der Waals surface area contributed by atoms with Crippen LogP contribution in [0.3, 0.4) is 0 Å². The van der Waals surface area contributed by atoms with Gasteiger partial charge in [-0.3, -0.25) is 9.59 Å². The molecule has 1 heterocycles. The first-order chi connectivity index (χ1) is 12.2. The number of methoxy groups -OCH3 is 1. The highest BCUT2D eigenvalue weighted by Crippen LogP contribution is 2.27. The smallest absolute Gasteiger partial charge is 0.195 e. The lowest BCUT2D eigenvalue weighted by atomic mass is 10.0. The van der Waals surface area contributed by atoms with Crippen molar-refractivity contribution in [2.75, 3.05) is 7.11 Å². The third kappa shape index (κ3) is 3.88. The first-order valence-corrected chi connectivity index (χ1v) is 8.82. The summed E-state index contributed by atoms with van der Waals surface area (Å²) in [6.07, 6.45) is 0. The van der Waals surface area contributed by atoms with E-state index in [1.165, 1.54) is 6.92 Å². The van der Waals surface area contributed by atoms with Gasteiger partial charge in [-0.05, 0) is 53.2 Å². The molecule has 2 atom stereocenters. The van der Waals surface area contributed by atoms with Crippen LogP contribution in [0.4, 0.5) is 0 Å². The van der Waals surface area contributed by atoms with Gasteiger partial charge in [0.25, 0.3) is 0 Å². The lowest BCUT2D eigenvalue weighted by Crippen LogP contribution is -2.36. The summed E-state index contributed by atoms with van der Waals surface area (Å²) in [5.74, 6) is 0.700. The molecule has 0 aliphatic heterocycles. The fourth-order valence-corrected chi connectivity index (χ4v) is 3.47. The summed E-state index contributed by atoms with van der Waals surface area (Å²) >= 11 is 0. The number of carbonyl (C=O) groups excluding carboxylic acids is 2. The van der Waals surface area contributed by atoms with Crippen LogP contribution in [0.5, 0.6) is 5.75 Å². The number of nitrogens with one attached hydrogen (secondary N) is 2. The zero-order valence-corrected chi connectivity index (χ0v) is 16.6. The molecule has 5 heteroatoms. The van der Waals surface area contributed by atoms with Crippen LogP contribution in [0.2, 0.25) is 0 Å². The Balaban J connectivity index is 2.24. The highest BCUT2D eigenvalue weighted by molar-refractivity contribution is 6.05. The second kappa shape index (κ2) is 7.87. The minimum Gasteiger partial charge on any atom is -0.496 e. The average molecular weight is 356 g/mol. The monoisotopic (exact) mass is 356 g/mol. The summed E-state index contributed by atoms with van der Waals surface area (Å²) in [5.41, 5.74) is 4.70. The lowest BCUT2D eigenvalue weighted by molar-refractivity contribution is 0.0940. The van der Waals surface area contributed by atoms with E-state index >= 15 is 0 Å². The summed E-state index contributed by atoms with van der Waals surface area (Å²) in [4.78, 5) is 27.8. The highest BCUT2D eigenvalue weighted by atomic mass is 16.5. The van der Waals surface area contributed by atoms with Gasteiger partial charge < -0.3 is 15.0 Å². The minimum atomic E-state index is -0.410. The maximum absolute atomic E-state index is 12.9. The van der Waals surface area contributed by atoms with Crippen molar-refractivity contribution in [1.82, 2.24) is 10.3 Å². The summed E-state index contributed by atoms with van der Waals surface area (Å²) in [6, 6.07) is 5.52. The number of aromatic nitrogens is 1. The van der Waals surface area contributed by atoms with Crippen molar-refractivity contribution in [1.29, 1.82) is 0 Å². The molecule has 2 aromatic rings. The van der Waals surface area contributed by atoms with Crippen molar-refractivity contribution in [3.63, 3.8) is 0 Å². The topological polar surface area (TPSA) is 71.2 Å². The second-order valence-electron chi connectivity index (χ2n) is 6.90. The third-order valence-corrected chi connectivity index (χ3v) is 4.78. The Kier molecular flexibility index (Phi) is 6.03. The van der Waals surface area contributed by atoms with Crippen LogP contribution in [-0.4, -0.2) is 29.7 Å². The van der Waals surface area contributed by atoms with Gasteiger partial charge in [-0.15, -0.1) is 0 Å². The van der Waals surface area contributed by atoms with E-state index in [0.717, 1.165) is 28.1 Å². The van der Waals surface area contributed by atoms with E-state index in [2.05, 4.69) is 16.4 Å². The number of H-pyrrole nitrogens is 1. The van der Waals surface area contributed by atoms with E-state index in [9.17, 15) is 9.59 Å². The largest absolute Gasteiger partial charge is 0.496 e. The molecule has 0 bridgehead atoms. The van der Waals surface area contributed by atoms with Crippen molar-refractivity contribution in [2.24, 2.45) is 0 Å². The van der Waals surface area contributed by atoms with Gasteiger partial charge in [0.05, 0.1) is 18.8 Å². The molecule has 0 aliphatic carbocycles. The molecule has 140 valence electrons. The van der Waals surface area contributed by atoms with Crippen LogP contribution in [0.25, 0.3) is 0 Å². The van der Waals surface area contributed by atoms with Gasteiger partial charge in [0.2, 0.25) is 0 Å². The van der Waals surface area contributed by atoms with Crippen molar-refractivity contribution in [3.05, 3.63) is 51.8 Å². The SMILES string of the molecule is COc1ccc(C)cc1[C@H](C)N[C@H](C)C(=O)c1[nH]c(C)c(C(C)=O)c1C. The molecule has 26 heavy (non-hydrogen) atoms. The molecule has 0 saturated heterocycles. The number of aromatic amines is 1. The van der Waals surface area contributed by atoms with E-state index in [4.69, 9.17) is 4.74 Å². The predicted octanol–water partition coefficient (Wildman–Crippen LogP) is 4.07. The van der Waals surface area contributed by atoms with Gasteiger partial charge in [0, 0.05) is 22.9 Å². The molecule has 2 N–H and O–H groups in total. The van der Waals surface area contributed by atoms with Crippen molar-refractivity contribution >= 4 is 11.6 Å². The first-order valence-electron chi connectivity index (χ1n) is 8.82. The summed E-state index contributed by atoms with van der Waals surface area (Å²) < 4.78 is 5.44. The molecule has 0 spiro atoms. The number of carbonyl (C=O) groups is 2. The number of rotatable bonds is 7. The van der Waals surface area contributed by atoms with Crippen molar-refractivity contribution in [3.8, 4) is 5.75 Å². The molecule has 2 rings (SSSR count). The van der Waals surface area contributed by atoms with Crippen LogP contribution < -0.4 is 10.1 Å². The fraction of sp³-hybridized carbons (Fsp3) is 0.429. The zero-order valence-electron chi connectivity index (χ0n) is 16.6. The van der Waals surface area contributed by atoms with Crippen LogP contribution >= 0.6 is 0 Å². The standard InChI is InChI=1S/C21H28N2O3/c1-11-8-9-18(26-7)17(10-11)13(3)22-15(5)21(25)20-12(2)19(16(6)24)14(4)23-20/h8-10,13,15,22-23H,1-7H3/t13-,15+/m0/s1. The maximum Gasteiger partial charge on any atom is 0.195 e. The fourth-order valence-electron chi connectivity index (χ4n) is 3.47. The van der Waals surface area contributed by atoms with Gasteiger partial charge in [-0.2, -0.15) is 0 Å². The summed E-state index contributed by atoms with van der Waals surface area (Å²) in [7, 11) is 1.64. The molecule has 5 nitrogen and oxygen atoms in total. The van der Waals surface area contributed by atoms with Gasteiger partial charge in [0.15, 0.2) is 11.6 Å². The van der Waals surface area contributed by atoms with E-state index in [-0.39, 0.29) is 17.6 Å². The molecule has 0 radical (unpaired) electrons. The molecule has 0 aliphatic rings. The Labute approximate surface area is 155 Å². The number of Topliss-reactive ketones (excluding diaryl/α,β-unsaturated/α-hetero) is 2. The Hall–Kier alpha value is -2.40. The van der Waals surface area contributed by atoms with Gasteiger partial charge in [-0.1, -0.05) is 17.7 Å². The maximum atomic E-state index is 12.9. The molecular weight excluding hydrogens is 328 g/mol. The van der Waals surface area contributed by atoms with Crippen LogP contribution in [0, 0.1) is 20.8 Å². The van der Waals surface area contributed by atoms with Crippen LogP contribution in [-0.2, 0) is 0 Å². The number of aryl methyl sites for hydroxylation is 2. The molecule has 1 aromatic carbocycles. The summed E-state index contributed by atoms with van der Waals surface area (Å²) in [5, 5.41) is 3.35. The quantitative estimate of drug-likeness (QED) is 0.734. The minimum absolute atomic E-state index is 0.0335. The Morgan fingerprint density at radius 2 is 1.81 bits per heavy atom. The van der Waals surface area contributed by atoms with Crippen molar-refractivity contribution in [2.45, 2.75) is 53.6 Å². The average Bonchev–Trinajstić information content (AvgIpc) is 2.88. The zero-order chi connectivity index (χ0) is 19.6. The van der Waals surface area contributed by atoms with Crippen molar-refractivity contribution < 1.29 is 14.3 Å². The number of ether oxygens (including phenoxy) is 1. The Morgan fingerprint density at radius 3 is 2.35 bits per heavy atom. The molecule has 1 aromatic heterocycles. The molecule has 0 fully saturated rings. The second-order valence-corrected chi connectivity index (χ2v) is 6.90.